The lowest BCUT2D eigenvalue weighted by molar-refractivity contribution is -0.129. The monoisotopic (exact) mass is 425 g/mol. The Hall–Kier alpha value is -2.44. The number of rotatable bonds is 7. The van der Waals surface area contributed by atoms with Gasteiger partial charge in [0, 0.05) is 10.0 Å². The molecule has 150 valence electrons. The smallest absolute Gasteiger partial charge is 0.339 e. The summed E-state index contributed by atoms with van der Waals surface area (Å²) in [4.78, 5) is 24.7. The normalized spacial score (nSPS) is 12.6. The minimum absolute atomic E-state index is 0.242. The number of esters is 1. The maximum atomic E-state index is 12.4. The average Bonchev–Trinajstić information content (AvgIpc) is 2.66. The highest BCUT2D eigenvalue weighted by Gasteiger charge is 2.22. The topological polar surface area (TPSA) is 73.9 Å². The number of amides is 1. The molecule has 2 rings (SSSR count). The highest BCUT2D eigenvalue weighted by molar-refractivity contribution is 6.35. The molecule has 1 amide bonds. The Kier molecular flexibility index (Phi) is 7.54. The summed E-state index contributed by atoms with van der Waals surface area (Å²) in [5.41, 5.74) is 0.948. The second-order valence-corrected chi connectivity index (χ2v) is 6.86. The van der Waals surface area contributed by atoms with Crippen LogP contribution in [0.1, 0.15) is 35.8 Å². The average molecular weight is 426 g/mol. The molecular formula is C20H21Cl2NO5. The van der Waals surface area contributed by atoms with Crippen molar-refractivity contribution < 1.29 is 23.8 Å². The fraction of sp³-hybridized carbons (Fsp3) is 0.300. The summed E-state index contributed by atoms with van der Waals surface area (Å²) in [6.07, 6.45) is -1.01. The Balaban J connectivity index is 2.02. The van der Waals surface area contributed by atoms with Gasteiger partial charge in [-0.05, 0) is 49.7 Å². The molecule has 0 heterocycles. The van der Waals surface area contributed by atoms with Crippen LogP contribution in [0.5, 0.6) is 11.5 Å². The van der Waals surface area contributed by atoms with Crippen LogP contribution in [0.2, 0.25) is 10.0 Å². The molecule has 0 saturated heterocycles. The van der Waals surface area contributed by atoms with E-state index in [2.05, 4.69) is 5.32 Å². The SMILES string of the molecule is COc1ccc(C(=O)OC(C)C(=O)NC(C)c2ccc(Cl)cc2Cl)cc1OC. The van der Waals surface area contributed by atoms with Gasteiger partial charge in [0.2, 0.25) is 0 Å². The van der Waals surface area contributed by atoms with Crippen LogP contribution in [0.15, 0.2) is 36.4 Å². The standard InChI is InChI=1S/C20H21Cl2NO5/c1-11(15-7-6-14(21)10-16(15)22)23-19(24)12(2)28-20(25)13-5-8-17(26-3)18(9-13)27-4/h5-12H,1-4H3,(H,23,24). The third-order valence-electron chi connectivity index (χ3n) is 4.06. The summed E-state index contributed by atoms with van der Waals surface area (Å²) in [5, 5.41) is 3.71. The van der Waals surface area contributed by atoms with Gasteiger partial charge in [-0.2, -0.15) is 0 Å². The zero-order valence-electron chi connectivity index (χ0n) is 15.9. The number of halogens is 2. The van der Waals surface area contributed by atoms with Gasteiger partial charge < -0.3 is 19.5 Å². The van der Waals surface area contributed by atoms with Crippen LogP contribution in [0.4, 0.5) is 0 Å². The van der Waals surface area contributed by atoms with E-state index in [0.717, 1.165) is 0 Å². The van der Waals surface area contributed by atoms with E-state index in [1.165, 1.54) is 33.3 Å². The molecule has 0 bridgehead atoms. The lowest BCUT2D eigenvalue weighted by Crippen LogP contribution is -2.37. The Morgan fingerprint density at radius 2 is 1.64 bits per heavy atom. The van der Waals surface area contributed by atoms with Crippen molar-refractivity contribution in [2.45, 2.75) is 26.0 Å². The molecule has 0 aliphatic carbocycles. The van der Waals surface area contributed by atoms with Crippen molar-refractivity contribution in [3.8, 4) is 11.5 Å². The summed E-state index contributed by atoms with van der Waals surface area (Å²) in [6, 6.07) is 9.24. The molecule has 8 heteroatoms. The first-order chi connectivity index (χ1) is 13.3. The summed E-state index contributed by atoms with van der Waals surface area (Å²) in [5.74, 6) is -0.230. The molecule has 0 aliphatic rings. The predicted octanol–water partition coefficient (Wildman–Crippen LogP) is 4.43. The van der Waals surface area contributed by atoms with E-state index < -0.39 is 18.0 Å². The van der Waals surface area contributed by atoms with Gasteiger partial charge in [0.25, 0.3) is 5.91 Å². The summed E-state index contributed by atoms with van der Waals surface area (Å²) >= 11 is 12.0. The van der Waals surface area contributed by atoms with E-state index in [9.17, 15) is 9.59 Å². The molecule has 0 saturated carbocycles. The van der Waals surface area contributed by atoms with Crippen molar-refractivity contribution in [2.24, 2.45) is 0 Å². The van der Waals surface area contributed by atoms with Crippen LogP contribution in [0.3, 0.4) is 0 Å². The van der Waals surface area contributed by atoms with Crippen LogP contribution in [-0.4, -0.2) is 32.2 Å². The molecule has 0 radical (unpaired) electrons. The number of carbonyl (C=O) groups excluding carboxylic acids is 2. The highest BCUT2D eigenvalue weighted by Crippen LogP contribution is 2.28. The largest absolute Gasteiger partial charge is 0.493 e. The Morgan fingerprint density at radius 3 is 2.25 bits per heavy atom. The first-order valence-corrected chi connectivity index (χ1v) is 9.20. The van der Waals surface area contributed by atoms with Crippen molar-refractivity contribution in [1.29, 1.82) is 0 Å². The number of benzene rings is 2. The molecule has 2 aromatic rings. The zero-order valence-corrected chi connectivity index (χ0v) is 17.4. The quantitative estimate of drug-likeness (QED) is 0.663. The maximum absolute atomic E-state index is 12.4. The second kappa shape index (κ2) is 9.66. The Morgan fingerprint density at radius 1 is 0.964 bits per heavy atom. The van der Waals surface area contributed by atoms with Crippen molar-refractivity contribution in [1.82, 2.24) is 5.32 Å². The minimum Gasteiger partial charge on any atom is -0.493 e. The van der Waals surface area contributed by atoms with Gasteiger partial charge in [-0.15, -0.1) is 0 Å². The van der Waals surface area contributed by atoms with Crippen molar-refractivity contribution in [2.75, 3.05) is 14.2 Å². The van der Waals surface area contributed by atoms with E-state index in [-0.39, 0.29) is 11.6 Å². The fourth-order valence-corrected chi connectivity index (χ4v) is 3.08. The Bertz CT molecular complexity index is 872. The molecular weight excluding hydrogens is 405 g/mol. The van der Waals surface area contributed by atoms with Gasteiger partial charge in [0.05, 0.1) is 25.8 Å². The van der Waals surface area contributed by atoms with Gasteiger partial charge in [0.1, 0.15) is 0 Å². The number of carbonyl (C=O) groups is 2. The van der Waals surface area contributed by atoms with E-state index >= 15 is 0 Å². The first kappa shape index (κ1) is 21.9. The summed E-state index contributed by atoms with van der Waals surface area (Å²) in [6.45, 7) is 3.26. The number of methoxy groups -OCH3 is 2. The number of ether oxygens (including phenoxy) is 3. The molecule has 0 fully saturated rings. The van der Waals surface area contributed by atoms with Gasteiger partial charge in [-0.3, -0.25) is 4.79 Å². The van der Waals surface area contributed by atoms with E-state index in [4.69, 9.17) is 37.4 Å². The number of nitrogens with one attached hydrogen (secondary N) is 1. The summed E-state index contributed by atoms with van der Waals surface area (Å²) in [7, 11) is 2.96. The molecule has 2 unspecified atom stereocenters. The van der Waals surface area contributed by atoms with Gasteiger partial charge in [-0.25, -0.2) is 4.79 Å². The predicted molar refractivity (Wildman–Crippen MR) is 107 cm³/mol. The van der Waals surface area contributed by atoms with Gasteiger partial charge in [0.15, 0.2) is 17.6 Å². The van der Waals surface area contributed by atoms with Crippen LogP contribution in [0.25, 0.3) is 0 Å². The first-order valence-electron chi connectivity index (χ1n) is 8.45. The molecule has 0 aliphatic heterocycles. The highest BCUT2D eigenvalue weighted by atomic mass is 35.5. The van der Waals surface area contributed by atoms with Crippen molar-refractivity contribution in [3.05, 3.63) is 57.6 Å². The molecule has 1 N–H and O–H groups in total. The van der Waals surface area contributed by atoms with Crippen molar-refractivity contribution >= 4 is 35.1 Å². The molecule has 0 aromatic heterocycles. The molecule has 28 heavy (non-hydrogen) atoms. The third kappa shape index (κ3) is 5.30. The van der Waals surface area contributed by atoms with Crippen LogP contribution in [-0.2, 0) is 9.53 Å². The lowest BCUT2D eigenvalue weighted by Gasteiger charge is -2.19. The lowest BCUT2D eigenvalue weighted by atomic mass is 10.1. The van der Waals surface area contributed by atoms with E-state index in [0.29, 0.717) is 27.1 Å². The van der Waals surface area contributed by atoms with Gasteiger partial charge in [-0.1, -0.05) is 29.3 Å². The number of hydrogen-bond donors (Lipinski definition) is 1. The molecule has 2 atom stereocenters. The molecule has 2 aromatic carbocycles. The molecule has 0 spiro atoms. The second-order valence-electron chi connectivity index (χ2n) is 6.01. The van der Waals surface area contributed by atoms with Crippen molar-refractivity contribution in [3.63, 3.8) is 0 Å². The maximum Gasteiger partial charge on any atom is 0.339 e. The molecule has 6 nitrogen and oxygen atoms in total. The fourth-order valence-electron chi connectivity index (χ4n) is 2.51. The van der Waals surface area contributed by atoms with Crippen LogP contribution in [0, 0.1) is 0 Å². The minimum atomic E-state index is -1.01. The third-order valence-corrected chi connectivity index (χ3v) is 4.62. The number of hydrogen-bond acceptors (Lipinski definition) is 5. The zero-order chi connectivity index (χ0) is 20.8. The summed E-state index contributed by atoms with van der Waals surface area (Å²) < 4.78 is 15.6. The van der Waals surface area contributed by atoms with Crippen LogP contribution >= 0.6 is 23.2 Å². The Labute approximate surface area is 173 Å². The van der Waals surface area contributed by atoms with E-state index in [1.807, 2.05) is 0 Å². The van der Waals surface area contributed by atoms with Gasteiger partial charge >= 0.3 is 5.97 Å². The van der Waals surface area contributed by atoms with E-state index in [1.54, 1.807) is 31.2 Å². The van der Waals surface area contributed by atoms with Crippen LogP contribution < -0.4 is 14.8 Å².